The summed E-state index contributed by atoms with van der Waals surface area (Å²) < 4.78 is 0. The maximum atomic E-state index is 3.28. The Balaban J connectivity index is 0.00000144. The van der Waals surface area contributed by atoms with E-state index in [0.717, 1.165) is 18.8 Å². The molecule has 0 atom stereocenters. The van der Waals surface area contributed by atoms with E-state index in [4.69, 9.17) is 0 Å². The quantitative estimate of drug-likeness (QED) is 0.753. The summed E-state index contributed by atoms with van der Waals surface area (Å²) in [6, 6.07) is 11.0. The molecule has 1 radical (unpaired) electrons. The molecule has 0 fully saturated rings. The van der Waals surface area contributed by atoms with Gasteiger partial charge in [-0.05, 0) is 14.1 Å². The zero-order valence-electron chi connectivity index (χ0n) is 8.25. The smallest absolute Gasteiger partial charge is 0.0253 e. The van der Waals surface area contributed by atoms with Crippen molar-refractivity contribution in [2.45, 2.75) is 0 Å². The summed E-state index contributed by atoms with van der Waals surface area (Å²) in [5, 5.41) is 3.28. The largest absolute Gasteiger partial charge is 0.405 e. The molecule has 0 spiro atoms. The Morgan fingerprint density at radius 3 is 2.69 bits per heavy atom. The molecule has 0 saturated carbocycles. The number of rotatable bonds is 4. The van der Waals surface area contributed by atoms with Crippen molar-refractivity contribution in [1.82, 2.24) is 4.90 Å². The van der Waals surface area contributed by atoms with E-state index in [9.17, 15) is 0 Å². The van der Waals surface area contributed by atoms with Gasteiger partial charge >= 0.3 is 0 Å². The summed E-state index contributed by atoms with van der Waals surface area (Å²) in [6.07, 6.45) is 0. The van der Waals surface area contributed by atoms with Crippen molar-refractivity contribution in [2.24, 2.45) is 0 Å². The number of anilines is 1. The van der Waals surface area contributed by atoms with Gasteiger partial charge in [0.25, 0.3) is 0 Å². The van der Waals surface area contributed by atoms with Crippen LogP contribution in [-0.2, 0) is 25.8 Å². The Bertz CT molecular complexity index is 211. The van der Waals surface area contributed by atoms with Gasteiger partial charge in [-0.1, -0.05) is 5.69 Å². The first-order valence-corrected chi connectivity index (χ1v) is 4.14. The molecule has 0 unspecified atom stereocenters. The van der Waals surface area contributed by atoms with E-state index in [1.165, 1.54) is 0 Å². The average molecular weight is 208 g/mol. The van der Waals surface area contributed by atoms with Gasteiger partial charge in [0.05, 0.1) is 0 Å². The molecular formula is C10H15N2Sc-. The molecule has 3 heteroatoms. The molecule has 0 aliphatic heterocycles. The summed E-state index contributed by atoms with van der Waals surface area (Å²) in [5.41, 5.74) is 1.07. The van der Waals surface area contributed by atoms with Gasteiger partial charge in [0.2, 0.25) is 0 Å². The SMILES string of the molecule is CN(C)CCNc1[c-]cccc1.[Sc]. The minimum Gasteiger partial charge on any atom is -0.405 e. The van der Waals surface area contributed by atoms with E-state index in [-0.39, 0.29) is 25.8 Å². The number of para-hydroxylation sites is 1. The molecular weight excluding hydrogens is 193 g/mol. The van der Waals surface area contributed by atoms with E-state index >= 15 is 0 Å². The van der Waals surface area contributed by atoms with E-state index < -0.39 is 0 Å². The van der Waals surface area contributed by atoms with Crippen LogP contribution in [0.5, 0.6) is 0 Å². The summed E-state index contributed by atoms with van der Waals surface area (Å²) in [6.45, 7) is 2.01. The van der Waals surface area contributed by atoms with Crippen molar-refractivity contribution in [3.05, 3.63) is 30.3 Å². The Labute approximate surface area is 99.1 Å². The molecule has 0 aromatic heterocycles. The normalized spacial score (nSPS) is 9.46. The van der Waals surface area contributed by atoms with Gasteiger partial charge in [0.15, 0.2) is 0 Å². The molecule has 1 rings (SSSR count). The van der Waals surface area contributed by atoms with Crippen molar-refractivity contribution in [1.29, 1.82) is 0 Å². The number of hydrogen-bond acceptors (Lipinski definition) is 2. The molecule has 0 amide bonds. The van der Waals surface area contributed by atoms with Crippen molar-refractivity contribution < 1.29 is 25.8 Å². The Kier molecular flexibility index (Phi) is 7.19. The maximum Gasteiger partial charge on any atom is 0.0253 e. The fourth-order valence-electron chi connectivity index (χ4n) is 0.917. The van der Waals surface area contributed by atoms with Crippen LogP contribution >= 0.6 is 0 Å². The Morgan fingerprint density at radius 2 is 2.15 bits per heavy atom. The zero-order valence-corrected chi connectivity index (χ0v) is 10.1. The zero-order chi connectivity index (χ0) is 8.81. The van der Waals surface area contributed by atoms with Crippen LogP contribution < -0.4 is 5.32 Å². The van der Waals surface area contributed by atoms with Crippen LogP contribution in [0.4, 0.5) is 5.69 Å². The second kappa shape index (κ2) is 7.27. The fourth-order valence-corrected chi connectivity index (χ4v) is 0.917. The van der Waals surface area contributed by atoms with E-state index in [1.54, 1.807) is 0 Å². The first kappa shape index (κ1) is 12.9. The molecule has 0 aliphatic carbocycles. The summed E-state index contributed by atoms with van der Waals surface area (Å²) in [4.78, 5) is 2.15. The molecule has 0 bridgehead atoms. The summed E-state index contributed by atoms with van der Waals surface area (Å²) in [5.74, 6) is 0. The third-order valence-corrected chi connectivity index (χ3v) is 1.58. The molecule has 69 valence electrons. The minimum atomic E-state index is 0. The fraction of sp³-hybridized carbons (Fsp3) is 0.400. The number of hydrogen-bond donors (Lipinski definition) is 1. The predicted octanol–water partition coefficient (Wildman–Crippen LogP) is 1.46. The molecule has 0 aliphatic rings. The van der Waals surface area contributed by atoms with Gasteiger partial charge in [0, 0.05) is 38.9 Å². The number of nitrogens with zero attached hydrogens (tertiary/aromatic N) is 1. The molecule has 13 heavy (non-hydrogen) atoms. The first-order chi connectivity index (χ1) is 5.79. The minimum absolute atomic E-state index is 0. The topological polar surface area (TPSA) is 15.3 Å². The standard InChI is InChI=1S/C10H15N2.Sc/c1-12(2)9-8-11-10-6-4-3-5-7-10;/h3-6,11H,8-9H2,1-2H3;/q-1;. The Morgan fingerprint density at radius 1 is 1.38 bits per heavy atom. The maximum absolute atomic E-state index is 3.28. The predicted molar refractivity (Wildman–Crippen MR) is 52.3 cm³/mol. The van der Waals surface area contributed by atoms with Crippen LogP contribution in [0, 0.1) is 6.07 Å². The number of benzene rings is 1. The van der Waals surface area contributed by atoms with Crippen LogP contribution in [0.15, 0.2) is 24.3 Å². The van der Waals surface area contributed by atoms with Crippen LogP contribution in [0.2, 0.25) is 0 Å². The third kappa shape index (κ3) is 5.99. The van der Waals surface area contributed by atoms with Crippen LogP contribution in [0.3, 0.4) is 0 Å². The van der Waals surface area contributed by atoms with Crippen molar-refractivity contribution in [2.75, 3.05) is 32.5 Å². The molecule has 1 aromatic rings. The second-order valence-corrected chi connectivity index (χ2v) is 3.01. The van der Waals surface area contributed by atoms with Gasteiger partial charge < -0.3 is 10.2 Å². The van der Waals surface area contributed by atoms with Crippen LogP contribution in [0.25, 0.3) is 0 Å². The van der Waals surface area contributed by atoms with E-state index in [0.29, 0.717) is 0 Å². The van der Waals surface area contributed by atoms with Crippen LogP contribution in [0.1, 0.15) is 0 Å². The molecule has 1 aromatic carbocycles. The summed E-state index contributed by atoms with van der Waals surface area (Å²) in [7, 11) is 4.13. The molecule has 0 saturated heterocycles. The van der Waals surface area contributed by atoms with Crippen molar-refractivity contribution in [3.8, 4) is 0 Å². The molecule has 0 heterocycles. The average Bonchev–Trinajstić information content (AvgIpc) is 2.05. The van der Waals surface area contributed by atoms with Crippen molar-refractivity contribution >= 4 is 5.69 Å². The van der Waals surface area contributed by atoms with E-state index in [2.05, 4.69) is 30.4 Å². The van der Waals surface area contributed by atoms with Gasteiger partial charge in [-0.15, -0.1) is 6.07 Å². The van der Waals surface area contributed by atoms with Gasteiger partial charge in [-0.2, -0.15) is 24.3 Å². The van der Waals surface area contributed by atoms with Gasteiger partial charge in [-0.3, -0.25) is 0 Å². The summed E-state index contributed by atoms with van der Waals surface area (Å²) >= 11 is 0. The van der Waals surface area contributed by atoms with Gasteiger partial charge in [0.1, 0.15) is 0 Å². The van der Waals surface area contributed by atoms with Gasteiger partial charge in [-0.25, -0.2) is 0 Å². The second-order valence-electron chi connectivity index (χ2n) is 3.01. The third-order valence-electron chi connectivity index (χ3n) is 1.58. The number of likely N-dealkylation sites (N-methyl/N-ethyl adjacent to an activating group) is 1. The van der Waals surface area contributed by atoms with Crippen molar-refractivity contribution in [3.63, 3.8) is 0 Å². The monoisotopic (exact) mass is 208 g/mol. The molecule has 1 N–H and O–H groups in total. The van der Waals surface area contributed by atoms with Crippen LogP contribution in [-0.4, -0.2) is 32.1 Å². The first-order valence-electron chi connectivity index (χ1n) is 4.14. The molecule has 2 nitrogen and oxygen atoms in total. The Hall–Kier alpha value is -0.150. The number of nitrogens with one attached hydrogen (secondary N) is 1. The van der Waals surface area contributed by atoms with E-state index in [1.807, 2.05) is 24.3 Å².